The van der Waals surface area contributed by atoms with Crippen LogP contribution in [0, 0.1) is 0 Å². The summed E-state index contributed by atoms with van der Waals surface area (Å²) >= 11 is 0. The molecule has 124 valence electrons. The number of amides is 1. The van der Waals surface area contributed by atoms with Crippen molar-refractivity contribution >= 4 is 28.7 Å². The molecule has 0 radical (unpaired) electrons. The smallest absolute Gasteiger partial charge is 0.255 e. The van der Waals surface area contributed by atoms with Gasteiger partial charge in [-0.05, 0) is 42.0 Å². The third-order valence-electron chi connectivity index (χ3n) is 3.98. The maximum Gasteiger partial charge on any atom is 0.255 e. The van der Waals surface area contributed by atoms with Crippen molar-refractivity contribution in [2.45, 2.75) is 0 Å². The van der Waals surface area contributed by atoms with Crippen LogP contribution >= 0.6 is 0 Å². The molecule has 0 atom stereocenters. The Kier molecular flexibility index (Phi) is 3.50. The number of H-pyrrole nitrogens is 1. The first-order valence-corrected chi connectivity index (χ1v) is 7.71. The van der Waals surface area contributed by atoms with E-state index in [1.54, 1.807) is 24.3 Å². The SMILES string of the molecule is COc1cc(/C=C2\C=C(c3nc4ccccc4[nH]3)NC2=O)ccc1O. The van der Waals surface area contributed by atoms with Crippen LogP contribution in [0.25, 0.3) is 22.8 Å². The summed E-state index contributed by atoms with van der Waals surface area (Å²) in [6, 6.07) is 12.6. The molecule has 1 aliphatic heterocycles. The van der Waals surface area contributed by atoms with Gasteiger partial charge in [-0.3, -0.25) is 4.79 Å². The van der Waals surface area contributed by atoms with Gasteiger partial charge in [0, 0.05) is 5.57 Å². The fourth-order valence-corrected chi connectivity index (χ4v) is 2.73. The lowest BCUT2D eigenvalue weighted by Gasteiger charge is -2.04. The maximum absolute atomic E-state index is 12.2. The van der Waals surface area contributed by atoms with Crippen LogP contribution in [0.15, 0.2) is 54.1 Å². The Hall–Kier alpha value is -3.54. The van der Waals surface area contributed by atoms with E-state index in [2.05, 4.69) is 15.3 Å². The molecule has 2 heterocycles. The van der Waals surface area contributed by atoms with Gasteiger partial charge in [-0.2, -0.15) is 0 Å². The van der Waals surface area contributed by atoms with Crippen molar-refractivity contribution in [3.63, 3.8) is 0 Å². The summed E-state index contributed by atoms with van der Waals surface area (Å²) in [4.78, 5) is 19.9. The first-order valence-electron chi connectivity index (χ1n) is 7.71. The number of carbonyl (C=O) groups excluding carboxylic acids is 1. The lowest BCUT2D eigenvalue weighted by atomic mass is 10.1. The van der Waals surface area contributed by atoms with E-state index in [4.69, 9.17) is 4.74 Å². The second-order valence-corrected chi connectivity index (χ2v) is 5.65. The zero-order chi connectivity index (χ0) is 17.4. The first-order chi connectivity index (χ1) is 12.1. The number of para-hydroxylation sites is 2. The Morgan fingerprint density at radius 2 is 2.04 bits per heavy atom. The van der Waals surface area contributed by atoms with Crippen molar-refractivity contribution < 1.29 is 14.6 Å². The largest absolute Gasteiger partial charge is 0.504 e. The molecule has 4 rings (SSSR count). The van der Waals surface area contributed by atoms with Gasteiger partial charge < -0.3 is 20.1 Å². The number of methoxy groups -OCH3 is 1. The van der Waals surface area contributed by atoms with Crippen molar-refractivity contribution in [1.29, 1.82) is 0 Å². The molecule has 3 N–H and O–H groups in total. The molecule has 0 unspecified atom stereocenters. The highest BCUT2D eigenvalue weighted by atomic mass is 16.5. The third kappa shape index (κ3) is 2.74. The number of nitrogens with one attached hydrogen (secondary N) is 2. The quantitative estimate of drug-likeness (QED) is 0.643. The number of fused-ring (bicyclic) bond motifs is 1. The van der Waals surface area contributed by atoms with Gasteiger partial charge in [-0.25, -0.2) is 4.98 Å². The molecule has 0 fully saturated rings. The van der Waals surface area contributed by atoms with Crippen LogP contribution in [0.1, 0.15) is 11.4 Å². The van der Waals surface area contributed by atoms with E-state index in [1.165, 1.54) is 13.2 Å². The average Bonchev–Trinajstić information content (AvgIpc) is 3.20. The van der Waals surface area contributed by atoms with Gasteiger partial charge in [0.15, 0.2) is 17.3 Å². The number of aromatic hydroxyl groups is 1. The molecule has 0 bridgehead atoms. The highest BCUT2D eigenvalue weighted by Crippen LogP contribution is 2.28. The summed E-state index contributed by atoms with van der Waals surface area (Å²) in [5.74, 6) is 0.817. The lowest BCUT2D eigenvalue weighted by Crippen LogP contribution is -2.16. The lowest BCUT2D eigenvalue weighted by molar-refractivity contribution is -0.115. The fraction of sp³-hybridized carbons (Fsp3) is 0.0526. The van der Waals surface area contributed by atoms with Crippen LogP contribution in [0.4, 0.5) is 0 Å². The molecule has 0 saturated carbocycles. The fourth-order valence-electron chi connectivity index (χ4n) is 2.73. The van der Waals surface area contributed by atoms with E-state index in [0.29, 0.717) is 22.8 Å². The Bertz CT molecular complexity index is 1010. The van der Waals surface area contributed by atoms with Crippen molar-refractivity contribution in [3.05, 3.63) is 65.5 Å². The van der Waals surface area contributed by atoms with Crippen molar-refractivity contribution in [2.75, 3.05) is 7.11 Å². The molecule has 6 nitrogen and oxygen atoms in total. The standard InChI is InChI=1S/C19H15N3O3/c1-25-17-9-11(6-7-16(17)23)8-12-10-15(22-19(12)24)18-20-13-4-2-3-5-14(13)21-18/h2-10,23H,1H3,(H,20,21)(H,22,24)/b12-8+. The molecular formula is C19H15N3O3. The molecule has 1 amide bonds. The summed E-state index contributed by atoms with van der Waals surface area (Å²) in [5.41, 5.74) is 3.63. The van der Waals surface area contributed by atoms with Crippen LogP contribution in [0.3, 0.4) is 0 Å². The summed E-state index contributed by atoms with van der Waals surface area (Å²) in [5, 5.41) is 12.5. The van der Waals surface area contributed by atoms with Gasteiger partial charge in [0.05, 0.1) is 23.8 Å². The predicted octanol–water partition coefficient (Wildman–Crippen LogP) is 2.83. The van der Waals surface area contributed by atoms with Crippen LogP contribution in [0.2, 0.25) is 0 Å². The number of rotatable bonds is 3. The minimum Gasteiger partial charge on any atom is -0.504 e. The zero-order valence-corrected chi connectivity index (χ0v) is 13.4. The normalized spacial score (nSPS) is 15.5. The molecule has 0 aliphatic carbocycles. The number of aromatic amines is 1. The van der Waals surface area contributed by atoms with E-state index in [0.717, 1.165) is 16.6 Å². The van der Waals surface area contributed by atoms with E-state index in [-0.39, 0.29) is 11.7 Å². The minimum atomic E-state index is -0.206. The van der Waals surface area contributed by atoms with Crippen molar-refractivity contribution in [3.8, 4) is 11.5 Å². The number of imidazole rings is 1. The number of nitrogens with zero attached hydrogens (tertiary/aromatic N) is 1. The number of hydrogen-bond donors (Lipinski definition) is 3. The summed E-state index contributed by atoms with van der Waals surface area (Å²) in [6.45, 7) is 0. The highest BCUT2D eigenvalue weighted by Gasteiger charge is 2.21. The Morgan fingerprint density at radius 3 is 2.84 bits per heavy atom. The van der Waals surface area contributed by atoms with E-state index in [1.807, 2.05) is 24.3 Å². The van der Waals surface area contributed by atoms with Gasteiger partial charge in [-0.15, -0.1) is 0 Å². The van der Waals surface area contributed by atoms with Crippen LogP contribution < -0.4 is 10.1 Å². The third-order valence-corrected chi connectivity index (χ3v) is 3.98. The summed E-state index contributed by atoms with van der Waals surface area (Å²) < 4.78 is 5.09. The molecular weight excluding hydrogens is 318 g/mol. The molecule has 1 aromatic heterocycles. The molecule has 2 aromatic carbocycles. The number of benzene rings is 2. The number of phenols is 1. The second-order valence-electron chi connectivity index (χ2n) is 5.65. The topological polar surface area (TPSA) is 87.2 Å². The van der Waals surface area contributed by atoms with E-state index < -0.39 is 0 Å². The first kappa shape index (κ1) is 15.0. The van der Waals surface area contributed by atoms with Crippen molar-refractivity contribution in [1.82, 2.24) is 15.3 Å². The Morgan fingerprint density at radius 1 is 1.20 bits per heavy atom. The number of phenolic OH excluding ortho intramolecular Hbond substituents is 1. The highest BCUT2D eigenvalue weighted by molar-refractivity contribution is 6.10. The molecule has 1 aliphatic rings. The van der Waals surface area contributed by atoms with E-state index in [9.17, 15) is 9.90 Å². The van der Waals surface area contributed by atoms with Gasteiger partial charge in [-0.1, -0.05) is 18.2 Å². The van der Waals surface area contributed by atoms with Crippen LogP contribution in [-0.4, -0.2) is 28.1 Å². The van der Waals surface area contributed by atoms with Crippen LogP contribution in [0.5, 0.6) is 11.5 Å². The molecule has 3 aromatic rings. The average molecular weight is 333 g/mol. The predicted molar refractivity (Wildman–Crippen MR) is 94.8 cm³/mol. The Labute approximate surface area is 143 Å². The van der Waals surface area contributed by atoms with Crippen LogP contribution in [-0.2, 0) is 4.79 Å². The van der Waals surface area contributed by atoms with Gasteiger partial charge in [0.25, 0.3) is 5.91 Å². The minimum absolute atomic E-state index is 0.0547. The molecule has 25 heavy (non-hydrogen) atoms. The number of carbonyl (C=O) groups is 1. The molecule has 0 spiro atoms. The summed E-state index contributed by atoms with van der Waals surface area (Å²) in [6.07, 6.45) is 3.48. The monoisotopic (exact) mass is 333 g/mol. The van der Waals surface area contributed by atoms with Gasteiger partial charge >= 0.3 is 0 Å². The van der Waals surface area contributed by atoms with Gasteiger partial charge in [0.1, 0.15) is 0 Å². The van der Waals surface area contributed by atoms with Crippen molar-refractivity contribution in [2.24, 2.45) is 0 Å². The van der Waals surface area contributed by atoms with E-state index >= 15 is 0 Å². The number of aromatic nitrogens is 2. The van der Waals surface area contributed by atoms with Gasteiger partial charge in [0.2, 0.25) is 0 Å². The number of hydrogen-bond acceptors (Lipinski definition) is 4. The number of ether oxygens (including phenoxy) is 1. The summed E-state index contributed by atoms with van der Waals surface area (Å²) in [7, 11) is 1.48. The Balaban J connectivity index is 1.70. The zero-order valence-electron chi connectivity index (χ0n) is 13.4. The maximum atomic E-state index is 12.2. The second kappa shape index (κ2) is 5.83. The molecule has 6 heteroatoms. The molecule has 0 saturated heterocycles.